The topological polar surface area (TPSA) is 104 Å². The van der Waals surface area contributed by atoms with E-state index in [0.717, 1.165) is 10.8 Å². The van der Waals surface area contributed by atoms with Crippen LogP contribution in [0.1, 0.15) is 23.7 Å². The number of carbonyl (C=O) groups is 2. The molecule has 2 bridgehead atoms. The molecule has 27 heavy (non-hydrogen) atoms. The van der Waals surface area contributed by atoms with E-state index in [0.29, 0.717) is 30.2 Å². The molecule has 1 aromatic carbocycles. The monoisotopic (exact) mass is 371 g/mol. The van der Waals surface area contributed by atoms with E-state index in [4.69, 9.17) is 19.9 Å². The van der Waals surface area contributed by atoms with E-state index in [2.05, 4.69) is 4.98 Å². The van der Waals surface area contributed by atoms with Gasteiger partial charge in [0.25, 0.3) is 5.91 Å². The summed E-state index contributed by atoms with van der Waals surface area (Å²) >= 11 is 0. The lowest BCUT2D eigenvalue weighted by Crippen LogP contribution is -2.41. The standard InChI is InChI=1S/C19H21N3O5/c1-11-6-17(23)22-10-25-4-5-26-16-8-13-12(7-14(16)18(20)24)2-3-21-19(13)27-9-15(11)22/h2-3,7-8,11,15H,4-6,9-10H2,1H3,(H2,20,24)/t11-,15?/m1/s1. The van der Waals surface area contributed by atoms with E-state index in [1.807, 2.05) is 6.92 Å². The zero-order chi connectivity index (χ0) is 19.0. The zero-order valence-corrected chi connectivity index (χ0v) is 15.0. The van der Waals surface area contributed by atoms with Gasteiger partial charge in [0.2, 0.25) is 11.8 Å². The van der Waals surface area contributed by atoms with Crippen LogP contribution in [0.4, 0.5) is 0 Å². The maximum atomic E-state index is 12.3. The third-order valence-electron chi connectivity index (χ3n) is 5.07. The third-order valence-corrected chi connectivity index (χ3v) is 5.07. The van der Waals surface area contributed by atoms with Crippen LogP contribution in [-0.4, -0.2) is 54.3 Å². The number of aromatic nitrogens is 1. The first kappa shape index (κ1) is 17.5. The minimum atomic E-state index is -0.573. The van der Waals surface area contributed by atoms with Gasteiger partial charge in [0.05, 0.1) is 18.2 Å². The molecular weight excluding hydrogens is 350 g/mol. The van der Waals surface area contributed by atoms with Gasteiger partial charge in [0.15, 0.2) is 0 Å². The molecule has 3 heterocycles. The molecule has 8 heteroatoms. The molecule has 1 fully saturated rings. The van der Waals surface area contributed by atoms with Crippen molar-refractivity contribution in [2.24, 2.45) is 11.7 Å². The summed E-state index contributed by atoms with van der Waals surface area (Å²) in [4.78, 5) is 30.1. The minimum absolute atomic E-state index is 0.0506. The fourth-order valence-corrected chi connectivity index (χ4v) is 3.58. The molecule has 2 aliphatic heterocycles. The first-order valence-electron chi connectivity index (χ1n) is 8.90. The van der Waals surface area contributed by atoms with E-state index < -0.39 is 5.91 Å². The minimum Gasteiger partial charge on any atom is -0.490 e. The van der Waals surface area contributed by atoms with Gasteiger partial charge in [0.1, 0.15) is 25.7 Å². The Kier molecular flexibility index (Phi) is 4.57. The smallest absolute Gasteiger partial charge is 0.252 e. The highest BCUT2D eigenvalue weighted by Gasteiger charge is 2.37. The van der Waals surface area contributed by atoms with E-state index in [-0.39, 0.29) is 37.8 Å². The number of hydrogen-bond acceptors (Lipinski definition) is 6. The molecule has 2 aromatic rings. The highest BCUT2D eigenvalue weighted by molar-refractivity contribution is 6.01. The molecule has 2 amide bonds. The van der Waals surface area contributed by atoms with Crippen LogP contribution in [0.25, 0.3) is 10.8 Å². The van der Waals surface area contributed by atoms with Crippen molar-refractivity contribution in [1.82, 2.24) is 9.88 Å². The van der Waals surface area contributed by atoms with Crippen LogP contribution in [0.3, 0.4) is 0 Å². The van der Waals surface area contributed by atoms with Crippen molar-refractivity contribution in [2.75, 3.05) is 26.6 Å². The van der Waals surface area contributed by atoms with Crippen molar-refractivity contribution >= 4 is 22.6 Å². The van der Waals surface area contributed by atoms with Crippen LogP contribution < -0.4 is 15.2 Å². The van der Waals surface area contributed by atoms with E-state index >= 15 is 0 Å². The quantitative estimate of drug-likeness (QED) is 0.811. The molecule has 0 spiro atoms. The number of nitrogens with two attached hydrogens (primary N) is 1. The van der Waals surface area contributed by atoms with Gasteiger partial charge < -0.3 is 24.8 Å². The number of amides is 2. The van der Waals surface area contributed by atoms with E-state index in [9.17, 15) is 9.59 Å². The number of rotatable bonds is 1. The summed E-state index contributed by atoms with van der Waals surface area (Å²) in [6.45, 7) is 3.03. The molecule has 2 aliphatic rings. The summed E-state index contributed by atoms with van der Waals surface area (Å²) in [5.74, 6) is 0.432. The fraction of sp³-hybridized carbons (Fsp3) is 0.421. The Bertz CT molecular complexity index is 900. The van der Waals surface area contributed by atoms with Crippen molar-refractivity contribution in [2.45, 2.75) is 19.4 Å². The first-order valence-corrected chi connectivity index (χ1v) is 8.90. The molecule has 4 rings (SSSR count). The molecular formula is C19H21N3O5. The SMILES string of the molecule is C[C@@H]1CC(=O)N2COCCOc3cc4c(nccc4cc3C(N)=O)OCC12. The van der Waals surface area contributed by atoms with Crippen molar-refractivity contribution < 1.29 is 23.8 Å². The summed E-state index contributed by atoms with van der Waals surface area (Å²) < 4.78 is 17.3. The van der Waals surface area contributed by atoms with Crippen LogP contribution in [-0.2, 0) is 9.53 Å². The van der Waals surface area contributed by atoms with Gasteiger partial charge in [-0.15, -0.1) is 0 Å². The maximum absolute atomic E-state index is 12.3. The second-order valence-electron chi connectivity index (χ2n) is 6.86. The van der Waals surface area contributed by atoms with Gasteiger partial charge in [-0.1, -0.05) is 6.92 Å². The highest BCUT2D eigenvalue weighted by atomic mass is 16.5. The Morgan fingerprint density at radius 2 is 2.15 bits per heavy atom. The number of nitrogens with zero attached hydrogens (tertiary/aromatic N) is 2. The summed E-state index contributed by atoms with van der Waals surface area (Å²) in [5, 5.41) is 1.50. The number of pyridine rings is 1. The van der Waals surface area contributed by atoms with Crippen LogP contribution in [0.5, 0.6) is 11.6 Å². The normalized spacial score (nSPS) is 23.0. The summed E-state index contributed by atoms with van der Waals surface area (Å²) in [6.07, 6.45) is 2.09. The van der Waals surface area contributed by atoms with Crippen molar-refractivity contribution in [3.8, 4) is 11.6 Å². The zero-order valence-electron chi connectivity index (χ0n) is 15.0. The summed E-state index contributed by atoms with van der Waals surface area (Å²) in [6, 6.07) is 5.10. The first-order chi connectivity index (χ1) is 13.0. The Hall–Kier alpha value is -2.87. The largest absolute Gasteiger partial charge is 0.490 e. The third kappa shape index (κ3) is 3.28. The van der Waals surface area contributed by atoms with Crippen molar-refractivity contribution in [1.29, 1.82) is 0 Å². The van der Waals surface area contributed by atoms with Gasteiger partial charge >= 0.3 is 0 Å². The molecule has 0 aliphatic carbocycles. The lowest BCUT2D eigenvalue weighted by molar-refractivity contribution is -0.135. The number of ether oxygens (including phenoxy) is 3. The average Bonchev–Trinajstić information content (AvgIpc) is 2.91. The number of carbonyl (C=O) groups excluding carboxylic acids is 2. The number of benzene rings is 1. The van der Waals surface area contributed by atoms with Crippen LogP contribution in [0.2, 0.25) is 0 Å². The molecule has 2 atom stereocenters. The molecule has 8 nitrogen and oxygen atoms in total. The predicted molar refractivity (Wildman–Crippen MR) is 96.5 cm³/mol. The van der Waals surface area contributed by atoms with Gasteiger partial charge in [-0.2, -0.15) is 0 Å². The molecule has 2 N–H and O–H groups in total. The van der Waals surface area contributed by atoms with Crippen LogP contribution >= 0.6 is 0 Å². The molecule has 1 saturated heterocycles. The van der Waals surface area contributed by atoms with Crippen LogP contribution in [0.15, 0.2) is 24.4 Å². The molecule has 0 radical (unpaired) electrons. The molecule has 0 saturated carbocycles. The van der Waals surface area contributed by atoms with Crippen LogP contribution in [0, 0.1) is 5.92 Å². The Morgan fingerprint density at radius 1 is 1.30 bits per heavy atom. The predicted octanol–water partition coefficient (Wildman–Crippen LogP) is 1.32. The van der Waals surface area contributed by atoms with E-state index in [1.54, 1.807) is 29.3 Å². The fourth-order valence-electron chi connectivity index (χ4n) is 3.58. The second kappa shape index (κ2) is 7.03. The summed E-state index contributed by atoms with van der Waals surface area (Å²) in [5.41, 5.74) is 5.78. The molecule has 142 valence electrons. The Labute approximate surface area is 156 Å². The maximum Gasteiger partial charge on any atom is 0.252 e. The van der Waals surface area contributed by atoms with Gasteiger partial charge in [-0.3, -0.25) is 9.59 Å². The van der Waals surface area contributed by atoms with E-state index in [1.165, 1.54) is 0 Å². The summed E-state index contributed by atoms with van der Waals surface area (Å²) in [7, 11) is 0. The molecule has 1 unspecified atom stereocenters. The lowest BCUT2D eigenvalue weighted by Gasteiger charge is -2.26. The van der Waals surface area contributed by atoms with Gasteiger partial charge in [0, 0.05) is 18.0 Å². The average molecular weight is 371 g/mol. The number of hydrogen-bond donors (Lipinski definition) is 1. The van der Waals surface area contributed by atoms with Gasteiger partial charge in [-0.05, 0) is 29.5 Å². The Balaban J connectivity index is 1.74. The molecule has 1 aromatic heterocycles. The lowest BCUT2D eigenvalue weighted by atomic mass is 10.0. The Morgan fingerprint density at radius 3 is 2.96 bits per heavy atom. The van der Waals surface area contributed by atoms with Gasteiger partial charge in [-0.25, -0.2) is 4.98 Å². The van der Waals surface area contributed by atoms with Crippen molar-refractivity contribution in [3.63, 3.8) is 0 Å². The second-order valence-corrected chi connectivity index (χ2v) is 6.86. The highest BCUT2D eigenvalue weighted by Crippen LogP contribution is 2.32. The number of primary amides is 1. The van der Waals surface area contributed by atoms with Crippen molar-refractivity contribution in [3.05, 3.63) is 30.0 Å². The number of fused-ring (bicyclic) bond motifs is 2.